The molecule has 0 aromatic heterocycles. The monoisotopic (exact) mass is 587 g/mol. The first kappa shape index (κ1) is 37.8. The van der Waals surface area contributed by atoms with Gasteiger partial charge in [-0.2, -0.15) is 0 Å². The number of hydrogen-bond donors (Lipinski definition) is 2. The maximum atomic E-state index is 11.8. The quantitative estimate of drug-likeness (QED) is 0.0364. The summed E-state index contributed by atoms with van der Waals surface area (Å²) in [6.07, 6.45) is 28.8. The van der Waals surface area contributed by atoms with Crippen LogP contribution >= 0.6 is 0 Å². The van der Waals surface area contributed by atoms with E-state index in [0.29, 0.717) is 19.3 Å². The molecular formula is C32H45NO9. The molecule has 0 aliphatic rings. The van der Waals surface area contributed by atoms with Crippen LogP contribution in [0.15, 0.2) is 72.9 Å². The Kier molecular flexibility index (Phi) is 25.5. The van der Waals surface area contributed by atoms with Gasteiger partial charge < -0.3 is 24.6 Å². The van der Waals surface area contributed by atoms with Crippen LogP contribution in [-0.2, 0) is 33.4 Å². The lowest BCUT2D eigenvalue weighted by Crippen LogP contribution is -2.30. The second-order valence-corrected chi connectivity index (χ2v) is 8.81. The number of ether oxygens (including phenoxy) is 3. The molecule has 0 radical (unpaired) electrons. The molecule has 2 N–H and O–H groups in total. The molecular weight excluding hydrogens is 542 g/mol. The molecule has 0 aliphatic heterocycles. The number of amides is 1. The molecule has 10 heteroatoms. The fraction of sp³-hybridized carbons (Fsp3) is 0.469. The van der Waals surface area contributed by atoms with Gasteiger partial charge in [0.1, 0.15) is 6.61 Å². The first-order valence-electron chi connectivity index (χ1n) is 14.3. The standard InChI is InChI=1S/C32H45NO9/c1-2-3-4-5-6-7-8-9-10-11-12-13-14-15-16-17-18-22-29(36)41-27-25-33-32(39)42-31(38)24-23-30(37)40-26-20-19-21-28(34)35/h3-4,6-7,9-10,12-13,15-16,23-24H,2,5,8,11,14,17-22,25-27H2,1H3,(H,33,39)(H,34,35)/b4-3-,7-6-,10-9-,13-12-,16-15-,24-23+. The average Bonchev–Trinajstić information content (AvgIpc) is 2.95. The number of allylic oxidation sites excluding steroid dienone is 10. The number of hydrogen-bond acceptors (Lipinski definition) is 8. The van der Waals surface area contributed by atoms with Crippen molar-refractivity contribution in [1.82, 2.24) is 5.32 Å². The van der Waals surface area contributed by atoms with Gasteiger partial charge in [-0.15, -0.1) is 0 Å². The van der Waals surface area contributed by atoms with E-state index < -0.39 is 30.0 Å². The lowest BCUT2D eigenvalue weighted by atomic mass is 10.2. The number of esters is 3. The summed E-state index contributed by atoms with van der Waals surface area (Å²) < 4.78 is 14.2. The Morgan fingerprint density at radius 2 is 1.21 bits per heavy atom. The topological polar surface area (TPSA) is 145 Å². The van der Waals surface area contributed by atoms with Crippen molar-refractivity contribution in [3.05, 3.63) is 72.9 Å². The maximum Gasteiger partial charge on any atom is 0.415 e. The van der Waals surface area contributed by atoms with Crippen LogP contribution in [0.2, 0.25) is 0 Å². The van der Waals surface area contributed by atoms with Crippen molar-refractivity contribution in [2.45, 2.75) is 77.6 Å². The third kappa shape index (κ3) is 28.8. The molecule has 0 saturated carbocycles. The van der Waals surface area contributed by atoms with E-state index in [0.717, 1.165) is 50.7 Å². The van der Waals surface area contributed by atoms with Gasteiger partial charge in [-0.05, 0) is 57.8 Å². The van der Waals surface area contributed by atoms with Gasteiger partial charge >= 0.3 is 30.0 Å². The molecule has 0 atom stereocenters. The number of carbonyl (C=O) groups excluding carboxylic acids is 4. The third-order valence-corrected chi connectivity index (χ3v) is 5.12. The molecule has 0 rings (SSSR count). The highest BCUT2D eigenvalue weighted by atomic mass is 16.6. The van der Waals surface area contributed by atoms with Crippen molar-refractivity contribution in [3.8, 4) is 0 Å². The van der Waals surface area contributed by atoms with Gasteiger partial charge in [0, 0.05) is 25.0 Å². The zero-order valence-electron chi connectivity index (χ0n) is 24.5. The summed E-state index contributed by atoms with van der Waals surface area (Å²) in [6, 6.07) is 0. The normalized spacial score (nSPS) is 11.8. The summed E-state index contributed by atoms with van der Waals surface area (Å²) in [4.78, 5) is 56.7. The molecule has 0 bridgehead atoms. The van der Waals surface area contributed by atoms with Crippen LogP contribution in [-0.4, -0.2) is 54.8 Å². The Morgan fingerprint density at radius 1 is 0.643 bits per heavy atom. The number of carboxylic acid groups (broad SMARTS) is 1. The van der Waals surface area contributed by atoms with Gasteiger partial charge in [0.15, 0.2) is 0 Å². The Labute approximate surface area is 248 Å². The number of rotatable bonds is 23. The molecule has 42 heavy (non-hydrogen) atoms. The lowest BCUT2D eigenvalue weighted by molar-refractivity contribution is -0.143. The number of carboxylic acids is 1. The molecule has 0 heterocycles. The number of nitrogens with one attached hydrogen (secondary N) is 1. The van der Waals surface area contributed by atoms with Gasteiger partial charge in [0.2, 0.25) is 0 Å². The van der Waals surface area contributed by atoms with Crippen LogP contribution in [0.5, 0.6) is 0 Å². The number of aliphatic carboxylic acids is 1. The van der Waals surface area contributed by atoms with E-state index in [2.05, 4.69) is 71.7 Å². The first-order valence-corrected chi connectivity index (χ1v) is 14.3. The highest BCUT2D eigenvalue weighted by Gasteiger charge is 2.09. The van der Waals surface area contributed by atoms with E-state index in [4.69, 9.17) is 14.6 Å². The van der Waals surface area contributed by atoms with Gasteiger partial charge in [-0.3, -0.25) is 9.59 Å². The van der Waals surface area contributed by atoms with Crippen molar-refractivity contribution in [3.63, 3.8) is 0 Å². The summed E-state index contributed by atoms with van der Waals surface area (Å²) in [5.41, 5.74) is 0. The summed E-state index contributed by atoms with van der Waals surface area (Å²) in [5.74, 6) is -3.23. The van der Waals surface area contributed by atoms with Crippen LogP contribution < -0.4 is 5.32 Å². The molecule has 1 amide bonds. The summed E-state index contributed by atoms with van der Waals surface area (Å²) in [5, 5.41) is 10.8. The summed E-state index contributed by atoms with van der Waals surface area (Å²) in [7, 11) is 0. The van der Waals surface area contributed by atoms with E-state index in [9.17, 15) is 24.0 Å². The van der Waals surface area contributed by atoms with Crippen molar-refractivity contribution >= 4 is 30.0 Å². The van der Waals surface area contributed by atoms with Crippen molar-refractivity contribution in [2.24, 2.45) is 0 Å². The molecule has 0 aromatic carbocycles. The third-order valence-electron chi connectivity index (χ3n) is 5.12. The van der Waals surface area contributed by atoms with E-state index >= 15 is 0 Å². The predicted octanol–water partition coefficient (Wildman–Crippen LogP) is 6.06. The Balaban J connectivity index is 3.75. The minimum atomic E-state index is -1.08. The van der Waals surface area contributed by atoms with E-state index in [1.54, 1.807) is 0 Å². The number of carbonyl (C=O) groups is 5. The van der Waals surface area contributed by atoms with Crippen molar-refractivity contribution < 1.29 is 43.3 Å². The molecule has 0 aromatic rings. The van der Waals surface area contributed by atoms with Gasteiger partial charge in [0.05, 0.1) is 13.2 Å². The molecule has 0 saturated heterocycles. The molecule has 0 spiro atoms. The van der Waals surface area contributed by atoms with Gasteiger partial charge in [-0.1, -0.05) is 67.7 Å². The molecule has 10 nitrogen and oxygen atoms in total. The van der Waals surface area contributed by atoms with E-state index in [1.165, 1.54) is 0 Å². The summed E-state index contributed by atoms with van der Waals surface area (Å²) in [6.45, 7) is 2.01. The minimum absolute atomic E-state index is 0.00802. The maximum absolute atomic E-state index is 11.8. The first-order chi connectivity index (χ1) is 20.3. The minimum Gasteiger partial charge on any atom is -0.481 e. The largest absolute Gasteiger partial charge is 0.481 e. The van der Waals surface area contributed by atoms with Crippen LogP contribution in [0, 0.1) is 0 Å². The van der Waals surface area contributed by atoms with E-state index in [-0.39, 0.29) is 32.6 Å². The van der Waals surface area contributed by atoms with Gasteiger partial charge in [-0.25, -0.2) is 14.4 Å². The van der Waals surface area contributed by atoms with Crippen LogP contribution in [0.25, 0.3) is 0 Å². The van der Waals surface area contributed by atoms with Crippen LogP contribution in [0.3, 0.4) is 0 Å². The van der Waals surface area contributed by atoms with Crippen molar-refractivity contribution in [2.75, 3.05) is 19.8 Å². The predicted molar refractivity (Wildman–Crippen MR) is 160 cm³/mol. The molecule has 0 fully saturated rings. The van der Waals surface area contributed by atoms with Crippen molar-refractivity contribution in [1.29, 1.82) is 0 Å². The van der Waals surface area contributed by atoms with E-state index in [1.807, 2.05) is 6.08 Å². The fourth-order valence-electron chi connectivity index (χ4n) is 3.02. The zero-order chi connectivity index (χ0) is 31.1. The SMILES string of the molecule is CC/C=C\C/C=C\C/C=C\C/C=C\C/C=C\CCCC(=O)OCCNC(=O)OC(=O)/C=C/C(=O)OCCCCC(=O)O. The average molecular weight is 588 g/mol. The molecule has 0 unspecified atom stereocenters. The Morgan fingerprint density at radius 3 is 1.81 bits per heavy atom. The second kappa shape index (κ2) is 28.3. The zero-order valence-corrected chi connectivity index (χ0v) is 24.5. The second-order valence-electron chi connectivity index (χ2n) is 8.81. The summed E-state index contributed by atoms with van der Waals surface area (Å²) >= 11 is 0. The number of unbranched alkanes of at least 4 members (excludes halogenated alkanes) is 2. The Bertz CT molecular complexity index is 974. The van der Waals surface area contributed by atoms with Crippen LogP contribution in [0.4, 0.5) is 4.79 Å². The molecule has 232 valence electrons. The van der Waals surface area contributed by atoms with Gasteiger partial charge in [0.25, 0.3) is 0 Å². The highest BCUT2D eigenvalue weighted by molar-refractivity contribution is 5.96. The lowest BCUT2D eigenvalue weighted by Gasteiger charge is -2.06. The number of alkyl carbamates (subject to hydrolysis) is 1. The highest BCUT2D eigenvalue weighted by Crippen LogP contribution is 2.01. The smallest absolute Gasteiger partial charge is 0.415 e. The van der Waals surface area contributed by atoms with Crippen LogP contribution in [0.1, 0.15) is 77.6 Å². The Hall–Kier alpha value is -4.21. The fourth-order valence-corrected chi connectivity index (χ4v) is 3.02. The molecule has 0 aliphatic carbocycles.